The van der Waals surface area contributed by atoms with Crippen molar-refractivity contribution in [2.24, 2.45) is 5.92 Å². The van der Waals surface area contributed by atoms with Crippen molar-refractivity contribution in [1.82, 2.24) is 25.2 Å². The Morgan fingerprint density at radius 3 is 2.75 bits per heavy atom. The van der Waals surface area contributed by atoms with Crippen LogP contribution in [0.2, 0.25) is 0 Å². The highest BCUT2D eigenvalue weighted by Crippen LogP contribution is 2.34. The van der Waals surface area contributed by atoms with Gasteiger partial charge in [-0.3, -0.25) is 4.79 Å². The summed E-state index contributed by atoms with van der Waals surface area (Å²) in [5.41, 5.74) is 1.83. The Hall–Kier alpha value is -3.69. The quantitative estimate of drug-likeness (QED) is 0.515. The fourth-order valence-electron chi connectivity index (χ4n) is 3.92. The number of aromatic nitrogens is 4. The van der Waals surface area contributed by atoms with Crippen molar-refractivity contribution in [3.05, 3.63) is 65.7 Å². The number of nitrogens with one attached hydrogen (secondary N) is 1. The Morgan fingerprint density at radius 1 is 1.16 bits per heavy atom. The molecule has 164 valence electrons. The molecule has 0 saturated heterocycles. The fourth-order valence-corrected chi connectivity index (χ4v) is 3.92. The van der Waals surface area contributed by atoms with E-state index in [1.54, 1.807) is 18.2 Å². The third-order valence-electron chi connectivity index (χ3n) is 5.67. The summed E-state index contributed by atoms with van der Waals surface area (Å²) in [6.45, 7) is -0.256. The number of carbonyl (C=O) groups is 1. The van der Waals surface area contributed by atoms with Crippen molar-refractivity contribution < 1.29 is 22.5 Å². The van der Waals surface area contributed by atoms with E-state index in [1.165, 1.54) is 4.57 Å². The summed E-state index contributed by atoms with van der Waals surface area (Å²) < 4.78 is 46.3. The predicted molar refractivity (Wildman–Crippen MR) is 109 cm³/mol. The van der Waals surface area contributed by atoms with E-state index in [4.69, 9.17) is 4.52 Å². The number of halogens is 3. The van der Waals surface area contributed by atoms with Crippen LogP contribution < -0.4 is 5.32 Å². The van der Waals surface area contributed by atoms with Gasteiger partial charge in [-0.15, -0.1) is 10.2 Å². The van der Waals surface area contributed by atoms with Crippen LogP contribution in [0.4, 0.5) is 13.2 Å². The fraction of sp³-hybridized carbons (Fsp3) is 0.273. The third kappa shape index (κ3) is 3.72. The molecular weight excluding hydrogens is 423 g/mol. The normalized spacial score (nSPS) is 16.2. The van der Waals surface area contributed by atoms with Gasteiger partial charge in [-0.05, 0) is 24.6 Å². The van der Waals surface area contributed by atoms with Gasteiger partial charge in [0.1, 0.15) is 11.3 Å². The van der Waals surface area contributed by atoms with Gasteiger partial charge in [0.15, 0.2) is 11.6 Å². The van der Waals surface area contributed by atoms with Crippen molar-refractivity contribution in [3.63, 3.8) is 0 Å². The van der Waals surface area contributed by atoms with Gasteiger partial charge in [0.2, 0.25) is 0 Å². The first-order valence-corrected chi connectivity index (χ1v) is 10.1. The molecule has 0 unspecified atom stereocenters. The van der Waals surface area contributed by atoms with Crippen LogP contribution in [0, 0.1) is 5.92 Å². The molecule has 0 radical (unpaired) electrons. The van der Waals surface area contributed by atoms with Crippen LogP contribution in [0.5, 0.6) is 0 Å². The number of carbonyl (C=O) groups excluding carboxylic acids is 1. The second-order valence-corrected chi connectivity index (χ2v) is 7.71. The lowest BCUT2D eigenvalue weighted by atomic mass is 9.99. The van der Waals surface area contributed by atoms with Crippen LogP contribution in [0.1, 0.15) is 28.4 Å². The van der Waals surface area contributed by atoms with Crippen LogP contribution in [0.15, 0.2) is 53.1 Å². The van der Waals surface area contributed by atoms with E-state index >= 15 is 0 Å². The molecule has 1 amide bonds. The highest BCUT2D eigenvalue weighted by Gasteiger charge is 2.42. The number of amides is 1. The zero-order valence-corrected chi connectivity index (χ0v) is 16.8. The van der Waals surface area contributed by atoms with Crippen LogP contribution in [-0.2, 0) is 19.5 Å². The molecule has 0 bridgehead atoms. The zero-order valence-electron chi connectivity index (χ0n) is 16.8. The molecule has 5 rings (SSSR count). The molecule has 0 spiro atoms. The summed E-state index contributed by atoms with van der Waals surface area (Å²) in [6.07, 6.45) is -4.07. The summed E-state index contributed by atoms with van der Waals surface area (Å²) in [6, 6.07) is 14.4. The average Bonchev–Trinajstić information content (AvgIpc) is 3.40. The molecular formula is C22H18F3N5O2. The maximum absolute atomic E-state index is 13.1. The highest BCUT2D eigenvalue weighted by atomic mass is 19.4. The molecule has 2 aromatic heterocycles. The van der Waals surface area contributed by atoms with Gasteiger partial charge in [0.05, 0.1) is 17.8 Å². The summed E-state index contributed by atoms with van der Waals surface area (Å²) in [5, 5.41) is 15.4. The third-order valence-corrected chi connectivity index (χ3v) is 5.67. The van der Waals surface area contributed by atoms with Gasteiger partial charge in [-0.25, -0.2) is 0 Å². The van der Waals surface area contributed by atoms with Gasteiger partial charge in [-0.2, -0.15) is 13.2 Å². The Balaban J connectivity index is 1.34. The minimum atomic E-state index is -4.27. The molecule has 2 aromatic carbocycles. The summed E-state index contributed by atoms with van der Waals surface area (Å²) in [4.78, 5) is 12.7. The summed E-state index contributed by atoms with van der Waals surface area (Å²) >= 11 is 0. The first kappa shape index (κ1) is 20.2. The maximum atomic E-state index is 13.1. The predicted octanol–water partition coefficient (Wildman–Crippen LogP) is 4.14. The monoisotopic (exact) mass is 441 g/mol. The lowest BCUT2D eigenvalue weighted by molar-refractivity contribution is -0.182. The number of aryl methyl sites for hydroxylation is 1. The van der Waals surface area contributed by atoms with Crippen LogP contribution >= 0.6 is 0 Å². The van der Waals surface area contributed by atoms with Gasteiger partial charge in [-0.1, -0.05) is 35.5 Å². The molecule has 3 heterocycles. The summed E-state index contributed by atoms with van der Waals surface area (Å²) in [5.74, 6) is -0.452. The first-order chi connectivity index (χ1) is 15.4. The van der Waals surface area contributed by atoms with E-state index in [2.05, 4.69) is 20.7 Å². The van der Waals surface area contributed by atoms with Crippen molar-refractivity contribution in [2.45, 2.75) is 32.1 Å². The number of nitrogens with zero attached hydrogens (tertiary/aromatic N) is 4. The van der Waals surface area contributed by atoms with E-state index in [-0.39, 0.29) is 31.8 Å². The lowest BCUT2D eigenvalue weighted by Gasteiger charge is -2.26. The summed E-state index contributed by atoms with van der Waals surface area (Å²) in [7, 11) is 0. The van der Waals surface area contributed by atoms with Crippen LogP contribution in [0.25, 0.3) is 22.2 Å². The molecule has 4 aromatic rings. The number of hydrogen-bond acceptors (Lipinski definition) is 5. The standard InChI is InChI=1S/C22H18F3N5O2/c23-22(24,25)15-7-9-18-27-28-19(30(18)12-15)11-26-21(31)14-6-8-17-16(10-14)20(32-29-17)13-4-2-1-3-5-13/h1-6,8,10,15H,7,9,11-12H2,(H,26,31)/t15-/m0/s1. The number of hydrogen-bond donors (Lipinski definition) is 1. The van der Waals surface area contributed by atoms with Crippen molar-refractivity contribution >= 4 is 16.8 Å². The van der Waals surface area contributed by atoms with Gasteiger partial charge in [0.25, 0.3) is 5.91 Å². The van der Waals surface area contributed by atoms with Crippen LogP contribution in [0.3, 0.4) is 0 Å². The zero-order chi connectivity index (χ0) is 22.3. The molecule has 0 saturated carbocycles. The van der Waals surface area contributed by atoms with E-state index in [0.29, 0.717) is 33.9 Å². The Kier molecular flexibility index (Phi) is 4.91. The Morgan fingerprint density at radius 2 is 1.97 bits per heavy atom. The Bertz CT molecular complexity index is 1280. The number of alkyl halides is 3. The van der Waals surface area contributed by atoms with Gasteiger partial charge in [0, 0.05) is 24.1 Å². The van der Waals surface area contributed by atoms with Crippen molar-refractivity contribution in [3.8, 4) is 11.3 Å². The van der Waals surface area contributed by atoms with E-state index in [0.717, 1.165) is 5.56 Å². The van der Waals surface area contributed by atoms with Gasteiger partial charge >= 0.3 is 6.18 Å². The smallest absolute Gasteiger partial charge is 0.355 e. The van der Waals surface area contributed by atoms with E-state index in [1.807, 2.05) is 30.3 Å². The minimum Gasteiger partial charge on any atom is -0.355 e. The highest BCUT2D eigenvalue weighted by molar-refractivity contribution is 6.00. The van der Waals surface area contributed by atoms with E-state index in [9.17, 15) is 18.0 Å². The first-order valence-electron chi connectivity index (χ1n) is 10.1. The topological polar surface area (TPSA) is 85.8 Å². The minimum absolute atomic E-state index is 0.00348. The molecule has 0 fully saturated rings. The average molecular weight is 441 g/mol. The molecule has 0 aliphatic carbocycles. The largest absolute Gasteiger partial charge is 0.393 e. The molecule has 7 nitrogen and oxygen atoms in total. The lowest BCUT2D eigenvalue weighted by Crippen LogP contribution is -2.33. The number of benzene rings is 2. The molecule has 32 heavy (non-hydrogen) atoms. The molecule has 1 aliphatic rings. The van der Waals surface area contributed by atoms with Crippen LogP contribution in [-0.4, -0.2) is 32.0 Å². The SMILES string of the molecule is O=C(NCc1nnc2n1C[C@@H](C(F)(F)F)CC2)c1ccc2noc(-c3ccccc3)c2c1. The number of fused-ring (bicyclic) bond motifs is 2. The van der Waals surface area contributed by atoms with Crippen molar-refractivity contribution in [2.75, 3.05) is 0 Å². The molecule has 1 N–H and O–H groups in total. The number of rotatable bonds is 4. The Labute approximate surface area is 180 Å². The second-order valence-electron chi connectivity index (χ2n) is 7.71. The molecule has 1 aliphatic heterocycles. The van der Waals surface area contributed by atoms with Crippen molar-refractivity contribution in [1.29, 1.82) is 0 Å². The van der Waals surface area contributed by atoms with E-state index < -0.39 is 12.1 Å². The second kappa shape index (κ2) is 7.77. The molecule has 1 atom stereocenters. The maximum Gasteiger partial charge on any atom is 0.393 e. The van der Waals surface area contributed by atoms with Gasteiger partial charge < -0.3 is 14.4 Å². The molecule has 10 heteroatoms.